The van der Waals surface area contributed by atoms with Gasteiger partial charge in [0, 0.05) is 23.6 Å². The summed E-state index contributed by atoms with van der Waals surface area (Å²) in [6.45, 7) is 0.0550. The van der Waals surface area contributed by atoms with Crippen LogP contribution in [0.15, 0.2) is 36.5 Å². The molecule has 1 aliphatic carbocycles. The maximum absolute atomic E-state index is 14.2. The fourth-order valence-electron chi connectivity index (χ4n) is 4.22. The van der Waals surface area contributed by atoms with Gasteiger partial charge in [-0.2, -0.15) is 4.79 Å². The molecule has 174 valence electrons. The molecule has 0 radical (unpaired) electrons. The number of nitrogen functional groups attached to an aromatic ring is 1. The Bertz CT molecular complexity index is 1430. The second kappa shape index (κ2) is 7.99. The summed E-state index contributed by atoms with van der Waals surface area (Å²) in [7, 11) is 1.40. The first-order valence-electron chi connectivity index (χ1n) is 10.5. The van der Waals surface area contributed by atoms with Gasteiger partial charge in [0.15, 0.2) is 0 Å². The molecule has 34 heavy (non-hydrogen) atoms. The Balaban J connectivity index is 1.56. The lowest BCUT2D eigenvalue weighted by atomic mass is 9.77. The number of ether oxygens (including phenoxy) is 1. The third-order valence-electron chi connectivity index (χ3n) is 5.99. The molecule has 0 unspecified atom stereocenters. The molecule has 3 heterocycles. The number of hydrogen-bond acceptors (Lipinski definition) is 8. The molecule has 3 aromatic heterocycles. The van der Waals surface area contributed by atoms with Crippen LogP contribution in [0.4, 0.5) is 15.1 Å². The summed E-state index contributed by atoms with van der Waals surface area (Å²) in [4.78, 5) is 20.4. The molecule has 0 amide bonds. The van der Waals surface area contributed by atoms with E-state index in [4.69, 9.17) is 10.5 Å². The number of hydrogen-bond donors (Lipinski definition) is 3. The first kappa shape index (κ1) is 21.6. The highest BCUT2D eigenvalue weighted by molar-refractivity contribution is 5.95. The van der Waals surface area contributed by atoms with Gasteiger partial charge < -0.3 is 20.7 Å². The van der Waals surface area contributed by atoms with Gasteiger partial charge in [-0.25, -0.2) is 19.0 Å². The number of nitrogens with two attached hydrogens (primary N) is 1. The van der Waals surface area contributed by atoms with E-state index >= 15 is 0 Å². The van der Waals surface area contributed by atoms with E-state index in [9.17, 15) is 19.4 Å². The van der Waals surface area contributed by atoms with Crippen LogP contribution in [0.2, 0.25) is 0 Å². The number of anilines is 1. The molecule has 0 spiro atoms. The van der Waals surface area contributed by atoms with Crippen LogP contribution in [0.25, 0.3) is 22.3 Å². The summed E-state index contributed by atoms with van der Waals surface area (Å²) >= 11 is 0. The Morgan fingerprint density at radius 1 is 1.32 bits per heavy atom. The largest absolute Gasteiger partial charge is 0.600 e. The molecule has 5 rings (SSSR count). The zero-order valence-electron chi connectivity index (χ0n) is 18.1. The Hall–Kier alpha value is -4.19. The van der Waals surface area contributed by atoms with Crippen molar-refractivity contribution in [2.75, 3.05) is 12.8 Å². The minimum Gasteiger partial charge on any atom is -0.494 e. The highest BCUT2D eigenvalue weighted by Crippen LogP contribution is 2.39. The van der Waals surface area contributed by atoms with Crippen LogP contribution in [0.3, 0.4) is 0 Å². The minimum atomic E-state index is -1.21. The molecule has 4 aromatic rings. The Morgan fingerprint density at radius 2 is 2.12 bits per heavy atom. The van der Waals surface area contributed by atoms with Crippen LogP contribution >= 0.6 is 0 Å². The van der Waals surface area contributed by atoms with Crippen LogP contribution in [0.5, 0.6) is 5.75 Å². The van der Waals surface area contributed by atoms with Crippen molar-refractivity contribution in [1.29, 1.82) is 0 Å². The maximum atomic E-state index is 14.2. The fraction of sp³-hybridized carbons (Fsp3) is 0.273. The fourth-order valence-corrected chi connectivity index (χ4v) is 4.22. The average molecular weight is 466 g/mol. The predicted octanol–water partition coefficient (Wildman–Crippen LogP) is 1.85. The summed E-state index contributed by atoms with van der Waals surface area (Å²) in [5.41, 5.74) is 6.29. The number of fused-ring (bicyclic) bond motifs is 1. The average Bonchev–Trinajstić information content (AvgIpc) is 3.24. The SMILES string of the molecule is COc1cc(F)cc2c(-c3cn(Cc4cccc(C5(O)CCC5)[n+]4C(=O)O)nn3)nc(N)nc12. The zero-order chi connectivity index (χ0) is 24.0. The highest BCUT2D eigenvalue weighted by Gasteiger charge is 2.46. The lowest BCUT2D eigenvalue weighted by molar-refractivity contribution is -0.612. The molecule has 0 aliphatic heterocycles. The van der Waals surface area contributed by atoms with Crippen LogP contribution < -0.4 is 15.0 Å². The Morgan fingerprint density at radius 3 is 2.79 bits per heavy atom. The number of rotatable bonds is 5. The number of pyridine rings is 1. The van der Waals surface area contributed by atoms with Crippen molar-refractivity contribution in [2.24, 2.45) is 0 Å². The van der Waals surface area contributed by atoms with Crippen molar-refractivity contribution < 1.29 is 28.7 Å². The molecule has 1 fully saturated rings. The van der Waals surface area contributed by atoms with Gasteiger partial charge in [0.1, 0.15) is 40.6 Å². The summed E-state index contributed by atoms with van der Waals surface area (Å²) < 4.78 is 21.9. The second-order valence-electron chi connectivity index (χ2n) is 8.14. The van der Waals surface area contributed by atoms with Crippen LogP contribution in [0, 0.1) is 5.82 Å². The highest BCUT2D eigenvalue weighted by atomic mass is 19.1. The lowest BCUT2D eigenvalue weighted by Gasteiger charge is -2.33. The maximum Gasteiger partial charge on any atom is 0.600 e. The summed E-state index contributed by atoms with van der Waals surface area (Å²) in [5.74, 6) is -0.391. The van der Waals surface area contributed by atoms with Gasteiger partial charge in [-0.1, -0.05) is 9.78 Å². The molecular weight excluding hydrogens is 445 g/mol. The number of carbonyl (C=O) groups is 1. The van der Waals surface area contributed by atoms with E-state index in [0.717, 1.165) is 11.0 Å². The predicted molar refractivity (Wildman–Crippen MR) is 116 cm³/mol. The number of carboxylic acid groups (broad SMARTS) is 1. The van der Waals surface area contributed by atoms with E-state index < -0.39 is 17.5 Å². The number of halogens is 1. The molecule has 4 N–H and O–H groups in total. The van der Waals surface area contributed by atoms with Crippen LogP contribution in [-0.4, -0.2) is 48.4 Å². The summed E-state index contributed by atoms with van der Waals surface area (Å²) in [6, 6.07) is 7.41. The number of methoxy groups -OCH3 is 1. The Labute approximate surface area is 192 Å². The first-order valence-corrected chi connectivity index (χ1v) is 10.5. The molecule has 0 bridgehead atoms. The smallest absolute Gasteiger partial charge is 0.494 e. The second-order valence-corrected chi connectivity index (χ2v) is 8.14. The molecule has 1 aliphatic rings. The first-order chi connectivity index (χ1) is 16.3. The standard InChI is InChI=1S/C22H20FN7O4/c1-34-16-9-12(23)8-14-18(25-20(24)26-19(14)16)15-11-29(28-27-15)10-13-4-2-5-17(30(13)21(31)32)22(33)6-3-7-22/h2,4-5,8-9,11,33H,3,6-7,10H2,1H3,(H2-,24,25,26,31,32)/p+1. The number of aliphatic hydroxyl groups is 1. The van der Waals surface area contributed by atoms with Crippen molar-refractivity contribution in [2.45, 2.75) is 31.4 Å². The van der Waals surface area contributed by atoms with E-state index in [-0.39, 0.29) is 23.9 Å². The van der Waals surface area contributed by atoms with Gasteiger partial charge in [0.25, 0.3) is 0 Å². The monoisotopic (exact) mass is 466 g/mol. The van der Waals surface area contributed by atoms with Gasteiger partial charge in [0.05, 0.1) is 13.3 Å². The van der Waals surface area contributed by atoms with E-state index in [1.165, 1.54) is 23.9 Å². The number of benzene rings is 1. The van der Waals surface area contributed by atoms with Gasteiger partial charge in [-0.15, -0.1) is 5.10 Å². The number of aromatic nitrogens is 6. The summed E-state index contributed by atoms with van der Waals surface area (Å²) in [6.07, 6.45) is 2.17. The third kappa shape index (κ3) is 3.57. The molecule has 1 aromatic carbocycles. The van der Waals surface area contributed by atoms with E-state index in [1.807, 2.05) is 0 Å². The third-order valence-corrected chi connectivity index (χ3v) is 5.99. The molecule has 0 saturated heterocycles. The lowest BCUT2D eigenvalue weighted by Crippen LogP contribution is -2.55. The molecule has 0 atom stereocenters. The normalized spacial score (nSPS) is 14.7. The van der Waals surface area contributed by atoms with Crippen LogP contribution in [-0.2, 0) is 12.1 Å². The zero-order valence-corrected chi connectivity index (χ0v) is 18.1. The molecule has 12 heteroatoms. The van der Waals surface area contributed by atoms with Crippen molar-refractivity contribution in [3.05, 3.63) is 53.7 Å². The number of nitrogens with zero attached hydrogens (tertiary/aromatic N) is 6. The van der Waals surface area contributed by atoms with E-state index in [1.54, 1.807) is 24.4 Å². The minimum absolute atomic E-state index is 0.0490. The topological polar surface area (TPSA) is 153 Å². The van der Waals surface area contributed by atoms with Gasteiger partial charge in [-0.05, 0) is 31.4 Å². The van der Waals surface area contributed by atoms with Crippen molar-refractivity contribution >= 4 is 22.9 Å². The van der Waals surface area contributed by atoms with Crippen molar-refractivity contribution in [1.82, 2.24) is 25.0 Å². The molecule has 11 nitrogen and oxygen atoms in total. The van der Waals surface area contributed by atoms with Crippen molar-refractivity contribution in [3.8, 4) is 17.1 Å². The quantitative estimate of drug-likeness (QED) is 0.374. The van der Waals surface area contributed by atoms with Gasteiger partial charge in [0.2, 0.25) is 17.3 Å². The van der Waals surface area contributed by atoms with Crippen LogP contribution in [0.1, 0.15) is 30.7 Å². The van der Waals surface area contributed by atoms with Gasteiger partial charge >= 0.3 is 6.09 Å². The Kier molecular flexibility index (Phi) is 5.09. The van der Waals surface area contributed by atoms with E-state index in [2.05, 4.69) is 20.3 Å². The molecule has 1 saturated carbocycles. The van der Waals surface area contributed by atoms with Crippen molar-refractivity contribution in [3.63, 3.8) is 0 Å². The summed E-state index contributed by atoms with van der Waals surface area (Å²) in [5, 5.41) is 29.2. The van der Waals surface area contributed by atoms with E-state index in [0.29, 0.717) is 40.8 Å². The molecular formula is C22H21FN7O4+. The van der Waals surface area contributed by atoms with Gasteiger partial charge in [-0.3, -0.25) is 0 Å².